The minimum absolute atomic E-state index is 0.00945. The van der Waals surface area contributed by atoms with E-state index >= 15 is 0 Å². The maximum atomic E-state index is 11.5. The zero-order valence-corrected chi connectivity index (χ0v) is 9.83. The molecular formula is C9H15N3O3S. The standard InChI is InChI=1S/C9H15N3O3S/c1-15-9-4-3-8(7-11-9)12-16(13,14)6-2-5-10/h3-4,7,12H,2,5-6,10H2,1H3. The van der Waals surface area contributed by atoms with Crippen molar-refractivity contribution < 1.29 is 13.2 Å². The van der Waals surface area contributed by atoms with Gasteiger partial charge in [-0.05, 0) is 19.0 Å². The Morgan fingerprint density at radius 2 is 2.25 bits per heavy atom. The minimum Gasteiger partial charge on any atom is -0.481 e. The van der Waals surface area contributed by atoms with Crippen LogP contribution in [0.25, 0.3) is 0 Å². The lowest BCUT2D eigenvalue weighted by Crippen LogP contribution is -2.19. The second-order valence-electron chi connectivity index (χ2n) is 3.15. The Balaban J connectivity index is 2.65. The molecule has 0 aliphatic rings. The molecule has 0 amide bonds. The van der Waals surface area contributed by atoms with E-state index < -0.39 is 10.0 Å². The van der Waals surface area contributed by atoms with Gasteiger partial charge >= 0.3 is 0 Å². The van der Waals surface area contributed by atoms with E-state index in [1.807, 2.05) is 0 Å². The topological polar surface area (TPSA) is 94.3 Å². The molecule has 1 aromatic heterocycles. The highest BCUT2D eigenvalue weighted by Gasteiger charge is 2.09. The van der Waals surface area contributed by atoms with Crippen LogP contribution in [-0.4, -0.2) is 32.8 Å². The van der Waals surface area contributed by atoms with Gasteiger partial charge in [-0.2, -0.15) is 0 Å². The van der Waals surface area contributed by atoms with Crippen molar-refractivity contribution in [1.29, 1.82) is 0 Å². The molecule has 0 saturated carbocycles. The van der Waals surface area contributed by atoms with E-state index in [0.29, 0.717) is 24.5 Å². The predicted molar refractivity (Wildman–Crippen MR) is 61.9 cm³/mol. The monoisotopic (exact) mass is 245 g/mol. The summed E-state index contributed by atoms with van der Waals surface area (Å²) >= 11 is 0. The van der Waals surface area contributed by atoms with Crippen LogP contribution in [0.2, 0.25) is 0 Å². The van der Waals surface area contributed by atoms with Crippen LogP contribution in [0.15, 0.2) is 18.3 Å². The maximum absolute atomic E-state index is 11.5. The van der Waals surface area contributed by atoms with E-state index in [1.54, 1.807) is 12.1 Å². The zero-order chi connectivity index (χ0) is 12.0. The Hall–Kier alpha value is -1.34. The molecule has 90 valence electrons. The number of hydrogen-bond acceptors (Lipinski definition) is 5. The molecule has 3 N–H and O–H groups in total. The number of pyridine rings is 1. The molecule has 0 fully saturated rings. The van der Waals surface area contributed by atoms with E-state index in [4.69, 9.17) is 10.5 Å². The summed E-state index contributed by atoms with van der Waals surface area (Å²) in [6, 6.07) is 3.17. The van der Waals surface area contributed by atoms with E-state index in [1.165, 1.54) is 13.3 Å². The zero-order valence-electron chi connectivity index (χ0n) is 9.01. The summed E-state index contributed by atoms with van der Waals surface area (Å²) in [4.78, 5) is 3.89. The molecule has 0 aliphatic heterocycles. The lowest BCUT2D eigenvalue weighted by Gasteiger charge is -2.07. The molecule has 0 aliphatic carbocycles. The van der Waals surface area contributed by atoms with Crippen LogP contribution in [0.1, 0.15) is 6.42 Å². The number of sulfonamides is 1. The van der Waals surface area contributed by atoms with Crippen LogP contribution in [0.3, 0.4) is 0 Å². The third-order valence-corrected chi connectivity index (χ3v) is 3.21. The number of methoxy groups -OCH3 is 1. The average molecular weight is 245 g/mol. The minimum atomic E-state index is -3.33. The number of aromatic nitrogens is 1. The summed E-state index contributed by atoms with van der Waals surface area (Å²) in [5, 5.41) is 0. The fourth-order valence-corrected chi connectivity index (χ4v) is 2.19. The highest BCUT2D eigenvalue weighted by molar-refractivity contribution is 7.92. The summed E-state index contributed by atoms with van der Waals surface area (Å²) < 4.78 is 30.2. The number of hydrogen-bond donors (Lipinski definition) is 2. The first kappa shape index (κ1) is 12.7. The molecule has 0 spiro atoms. The first-order valence-corrected chi connectivity index (χ1v) is 6.43. The van der Waals surface area contributed by atoms with E-state index in [-0.39, 0.29) is 5.75 Å². The van der Waals surface area contributed by atoms with Gasteiger partial charge in [0.15, 0.2) is 0 Å². The number of rotatable bonds is 6. The molecule has 0 saturated heterocycles. The summed E-state index contributed by atoms with van der Waals surface area (Å²) in [6.45, 7) is 0.349. The van der Waals surface area contributed by atoms with Gasteiger partial charge in [-0.15, -0.1) is 0 Å². The van der Waals surface area contributed by atoms with Crippen LogP contribution in [0, 0.1) is 0 Å². The first-order chi connectivity index (χ1) is 7.57. The lowest BCUT2D eigenvalue weighted by atomic mass is 10.4. The Bertz CT molecular complexity index is 416. The maximum Gasteiger partial charge on any atom is 0.232 e. The van der Waals surface area contributed by atoms with Gasteiger partial charge in [-0.1, -0.05) is 0 Å². The molecule has 0 aromatic carbocycles. The van der Waals surface area contributed by atoms with Gasteiger partial charge in [-0.25, -0.2) is 13.4 Å². The molecule has 6 nitrogen and oxygen atoms in total. The quantitative estimate of drug-likeness (QED) is 0.745. The van der Waals surface area contributed by atoms with Gasteiger partial charge in [0, 0.05) is 6.07 Å². The summed E-state index contributed by atoms with van der Waals surface area (Å²) in [5.41, 5.74) is 5.66. The molecule has 1 heterocycles. The molecule has 0 bridgehead atoms. The van der Waals surface area contributed by atoms with Crippen LogP contribution >= 0.6 is 0 Å². The molecule has 1 aromatic rings. The summed E-state index contributed by atoms with van der Waals surface area (Å²) in [7, 11) is -1.83. The van der Waals surface area contributed by atoms with Gasteiger partial charge < -0.3 is 10.5 Å². The van der Waals surface area contributed by atoms with Crippen LogP contribution in [0.5, 0.6) is 5.88 Å². The molecule has 7 heteroatoms. The van der Waals surface area contributed by atoms with Crippen LogP contribution < -0.4 is 15.2 Å². The van der Waals surface area contributed by atoms with Gasteiger partial charge in [0.05, 0.1) is 24.7 Å². The third kappa shape index (κ3) is 4.03. The second-order valence-corrected chi connectivity index (χ2v) is 4.99. The number of nitrogens with two attached hydrogens (primary N) is 1. The summed E-state index contributed by atoms with van der Waals surface area (Å²) in [5.74, 6) is 0.445. The van der Waals surface area contributed by atoms with Gasteiger partial charge in [-0.3, -0.25) is 4.72 Å². The molecular weight excluding hydrogens is 230 g/mol. The van der Waals surface area contributed by atoms with Crippen molar-refractivity contribution in [3.05, 3.63) is 18.3 Å². The molecule has 0 atom stereocenters. The number of nitrogens with one attached hydrogen (secondary N) is 1. The number of anilines is 1. The highest BCUT2D eigenvalue weighted by Crippen LogP contribution is 2.12. The fourth-order valence-electron chi connectivity index (χ4n) is 1.07. The fraction of sp³-hybridized carbons (Fsp3) is 0.444. The van der Waals surface area contributed by atoms with Crippen molar-refractivity contribution in [2.45, 2.75) is 6.42 Å². The Labute approximate surface area is 94.9 Å². The second kappa shape index (κ2) is 5.66. The highest BCUT2D eigenvalue weighted by atomic mass is 32.2. The van der Waals surface area contributed by atoms with Crippen molar-refractivity contribution in [2.75, 3.05) is 24.1 Å². The van der Waals surface area contributed by atoms with Crippen LogP contribution in [0.4, 0.5) is 5.69 Å². The van der Waals surface area contributed by atoms with E-state index in [9.17, 15) is 8.42 Å². The van der Waals surface area contributed by atoms with Crippen molar-refractivity contribution in [2.24, 2.45) is 5.73 Å². The first-order valence-electron chi connectivity index (χ1n) is 4.78. The average Bonchev–Trinajstić information content (AvgIpc) is 2.27. The van der Waals surface area contributed by atoms with Crippen molar-refractivity contribution >= 4 is 15.7 Å². The lowest BCUT2D eigenvalue weighted by molar-refractivity contribution is 0.398. The molecule has 1 rings (SSSR count). The molecule has 0 radical (unpaired) electrons. The van der Waals surface area contributed by atoms with Crippen LogP contribution in [-0.2, 0) is 10.0 Å². The molecule has 16 heavy (non-hydrogen) atoms. The van der Waals surface area contributed by atoms with Gasteiger partial charge in [0.2, 0.25) is 15.9 Å². The van der Waals surface area contributed by atoms with E-state index in [0.717, 1.165) is 0 Å². The smallest absolute Gasteiger partial charge is 0.232 e. The SMILES string of the molecule is COc1ccc(NS(=O)(=O)CCCN)cn1. The third-order valence-electron chi connectivity index (χ3n) is 1.84. The number of nitrogens with zero attached hydrogens (tertiary/aromatic N) is 1. The normalized spacial score (nSPS) is 11.1. The van der Waals surface area contributed by atoms with Crippen molar-refractivity contribution in [1.82, 2.24) is 4.98 Å². The van der Waals surface area contributed by atoms with Crippen molar-refractivity contribution in [3.8, 4) is 5.88 Å². The van der Waals surface area contributed by atoms with Gasteiger partial charge in [0.1, 0.15) is 0 Å². The largest absolute Gasteiger partial charge is 0.481 e. The Kier molecular flexibility index (Phi) is 4.51. The van der Waals surface area contributed by atoms with E-state index in [2.05, 4.69) is 9.71 Å². The summed E-state index contributed by atoms with van der Waals surface area (Å²) in [6.07, 6.45) is 1.83. The Morgan fingerprint density at radius 3 is 2.75 bits per heavy atom. The Morgan fingerprint density at radius 1 is 1.50 bits per heavy atom. The van der Waals surface area contributed by atoms with Gasteiger partial charge in [0.25, 0.3) is 0 Å². The number of ether oxygens (including phenoxy) is 1. The molecule has 0 unspecified atom stereocenters. The predicted octanol–water partition coefficient (Wildman–Crippen LogP) is 0.181. The van der Waals surface area contributed by atoms with Crippen molar-refractivity contribution in [3.63, 3.8) is 0 Å².